The minimum absolute atomic E-state index is 0.187. The molecule has 58 valence electrons. The lowest BCUT2D eigenvalue weighted by molar-refractivity contribution is 0.555. The van der Waals surface area contributed by atoms with Gasteiger partial charge in [0, 0.05) is 10.9 Å². The van der Waals surface area contributed by atoms with Crippen LogP contribution in [0.4, 0.5) is 0 Å². The lowest BCUT2D eigenvalue weighted by atomic mass is 10.0. The van der Waals surface area contributed by atoms with Crippen molar-refractivity contribution in [2.75, 3.05) is 0 Å². The van der Waals surface area contributed by atoms with Crippen molar-refractivity contribution in [1.82, 2.24) is 0 Å². The maximum Gasteiger partial charge on any atom is 0.181 e. The molecule has 0 fully saturated rings. The molecule has 1 aliphatic carbocycles. The van der Waals surface area contributed by atoms with E-state index in [4.69, 9.17) is 10.3 Å². The molecule has 0 radical (unpaired) electrons. The molecule has 1 aliphatic rings. The molecule has 0 heterocycles. The summed E-state index contributed by atoms with van der Waals surface area (Å²) in [5, 5.41) is 0. The topological polar surface area (TPSA) is 63.3 Å². The van der Waals surface area contributed by atoms with Gasteiger partial charge in [-0.1, -0.05) is 6.08 Å². The maximum absolute atomic E-state index is 10.5. The largest absolute Gasteiger partial charge is 0.327 e. The number of allylic oxidation sites excluding steroid dienone is 1. The van der Waals surface area contributed by atoms with Gasteiger partial charge in [-0.15, -0.1) is 0 Å². The van der Waals surface area contributed by atoms with Gasteiger partial charge in [-0.2, -0.15) is 0 Å². The summed E-state index contributed by atoms with van der Waals surface area (Å²) in [6.07, 6.45) is 4.01. The summed E-state index contributed by atoms with van der Waals surface area (Å²) in [6.45, 7) is 0. The fourth-order valence-electron chi connectivity index (χ4n) is 0.989. The van der Waals surface area contributed by atoms with Crippen LogP contribution < -0.4 is 5.73 Å². The summed E-state index contributed by atoms with van der Waals surface area (Å²) in [4.78, 5) is 0.627. The first-order valence-electron chi connectivity index (χ1n) is 3.25. The quantitative estimate of drug-likeness (QED) is 0.554. The van der Waals surface area contributed by atoms with Crippen molar-refractivity contribution in [2.24, 2.45) is 5.73 Å². The summed E-state index contributed by atoms with van der Waals surface area (Å²) in [5.41, 5.74) is 5.57. The lowest BCUT2D eigenvalue weighted by Gasteiger charge is -2.15. The van der Waals surface area contributed by atoms with Crippen molar-refractivity contribution < 1.29 is 8.76 Å². The molecular weight excluding hydrogens is 150 g/mol. The minimum atomic E-state index is -1.76. The molecule has 0 aliphatic heterocycles. The van der Waals surface area contributed by atoms with E-state index in [0.29, 0.717) is 11.3 Å². The minimum Gasteiger partial charge on any atom is -0.327 e. The van der Waals surface area contributed by atoms with Gasteiger partial charge in [0.15, 0.2) is 11.1 Å². The van der Waals surface area contributed by atoms with Crippen LogP contribution in [0.25, 0.3) is 0 Å². The Hall–Kier alpha value is -0.190. The highest BCUT2D eigenvalue weighted by Crippen LogP contribution is 2.18. The van der Waals surface area contributed by atoms with Crippen LogP contribution in [0.5, 0.6) is 0 Å². The number of nitrogens with two attached hydrogens (primary N) is 1. The third-order valence-electron chi connectivity index (χ3n) is 1.63. The number of rotatable bonds is 1. The van der Waals surface area contributed by atoms with E-state index in [9.17, 15) is 4.21 Å². The molecule has 2 atom stereocenters. The van der Waals surface area contributed by atoms with Crippen LogP contribution in [0, 0.1) is 0 Å². The van der Waals surface area contributed by atoms with Crippen molar-refractivity contribution in [1.29, 1.82) is 0 Å². The Morgan fingerprint density at radius 2 is 2.50 bits per heavy atom. The highest BCUT2D eigenvalue weighted by atomic mass is 32.2. The van der Waals surface area contributed by atoms with Gasteiger partial charge in [0.2, 0.25) is 0 Å². The Kier molecular flexibility index (Phi) is 2.59. The highest BCUT2D eigenvalue weighted by molar-refractivity contribution is 7.83. The van der Waals surface area contributed by atoms with Crippen LogP contribution in [0.3, 0.4) is 0 Å². The first-order chi connectivity index (χ1) is 4.70. The van der Waals surface area contributed by atoms with E-state index in [-0.39, 0.29) is 6.04 Å². The maximum atomic E-state index is 10.5. The van der Waals surface area contributed by atoms with Crippen LogP contribution in [0.15, 0.2) is 11.0 Å². The SMILES string of the molecule is NC1CC=C(S(=O)O)CC1. The van der Waals surface area contributed by atoms with Gasteiger partial charge < -0.3 is 10.3 Å². The fraction of sp³-hybridized carbons (Fsp3) is 0.667. The molecule has 0 aromatic carbocycles. The second-order valence-corrected chi connectivity index (χ2v) is 3.48. The van der Waals surface area contributed by atoms with E-state index in [2.05, 4.69) is 0 Å². The molecule has 0 aromatic rings. The fourth-order valence-corrected chi connectivity index (χ4v) is 1.52. The summed E-state index contributed by atoms with van der Waals surface area (Å²) < 4.78 is 19.1. The number of hydrogen-bond acceptors (Lipinski definition) is 2. The van der Waals surface area contributed by atoms with Gasteiger partial charge in [-0.05, 0) is 19.3 Å². The van der Waals surface area contributed by atoms with Crippen LogP contribution >= 0.6 is 0 Å². The van der Waals surface area contributed by atoms with Gasteiger partial charge >= 0.3 is 0 Å². The van der Waals surface area contributed by atoms with Crippen molar-refractivity contribution in [3.05, 3.63) is 11.0 Å². The van der Waals surface area contributed by atoms with Gasteiger partial charge in [0.05, 0.1) is 0 Å². The van der Waals surface area contributed by atoms with Crippen molar-refractivity contribution in [3.63, 3.8) is 0 Å². The molecule has 0 bridgehead atoms. The molecule has 3 nitrogen and oxygen atoms in total. The first kappa shape index (κ1) is 7.91. The Bertz CT molecular complexity index is 179. The van der Waals surface area contributed by atoms with E-state index in [1.54, 1.807) is 6.08 Å². The molecule has 0 aromatic heterocycles. The Morgan fingerprint density at radius 1 is 1.80 bits per heavy atom. The van der Waals surface area contributed by atoms with Crippen LogP contribution in [-0.2, 0) is 11.1 Å². The predicted molar refractivity (Wildman–Crippen MR) is 40.7 cm³/mol. The zero-order valence-electron chi connectivity index (χ0n) is 5.62. The first-order valence-corrected chi connectivity index (χ1v) is 4.36. The van der Waals surface area contributed by atoms with Crippen molar-refractivity contribution >= 4 is 11.1 Å². The van der Waals surface area contributed by atoms with E-state index in [0.717, 1.165) is 12.8 Å². The average molecular weight is 161 g/mol. The van der Waals surface area contributed by atoms with Gasteiger partial charge in [0.1, 0.15) is 0 Å². The highest BCUT2D eigenvalue weighted by Gasteiger charge is 2.13. The second-order valence-electron chi connectivity index (χ2n) is 2.45. The molecular formula is C6H11NO2S. The normalized spacial score (nSPS) is 29.4. The monoisotopic (exact) mass is 161 g/mol. The zero-order valence-corrected chi connectivity index (χ0v) is 6.43. The van der Waals surface area contributed by atoms with E-state index in [1.807, 2.05) is 0 Å². The van der Waals surface area contributed by atoms with Crippen molar-refractivity contribution in [3.8, 4) is 0 Å². The summed E-state index contributed by atoms with van der Waals surface area (Å²) in [6, 6.07) is 0.187. The average Bonchev–Trinajstić information content (AvgIpc) is 1.88. The van der Waals surface area contributed by atoms with Gasteiger partial charge in [-0.25, -0.2) is 4.21 Å². The van der Waals surface area contributed by atoms with Crippen molar-refractivity contribution in [2.45, 2.75) is 25.3 Å². The van der Waals surface area contributed by atoms with Gasteiger partial charge in [-0.3, -0.25) is 0 Å². The molecule has 3 N–H and O–H groups in total. The predicted octanol–water partition coefficient (Wildman–Crippen LogP) is 0.603. The third kappa shape index (κ3) is 1.90. The molecule has 2 unspecified atom stereocenters. The van der Waals surface area contributed by atoms with Crippen LogP contribution in [0.2, 0.25) is 0 Å². The summed E-state index contributed by atoms with van der Waals surface area (Å²) >= 11 is -1.76. The molecule has 10 heavy (non-hydrogen) atoms. The van der Waals surface area contributed by atoms with E-state index < -0.39 is 11.1 Å². The molecule has 0 saturated carbocycles. The molecule has 4 heteroatoms. The Labute approximate surface area is 62.6 Å². The second kappa shape index (κ2) is 3.27. The molecule has 0 amide bonds. The zero-order chi connectivity index (χ0) is 7.56. The summed E-state index contributed by atoms with van der Waals surface area (Å²) in [7, 11) is 0. The number of hydrogen-bond donors (Lipinski definition) is 2. The van der Waals surface area contributed by atoms with E-state index >= 15 is 0 Å². The van der Waals surface area contributed by atoms with Crippen LogP contribution in [-0.4, -0.2) is 14.8 Å². The Morgan fingerprint density at radius 3 is 2.90 bits per heavy atom. The molecule has 0 saturated heterocycles. The smallest absolute Gasteiger partial charge is 0.181 e. The molecule has 0 spiro atoms. The third-order valence-corrected chi connectivity index (χ3v) is 2.45. The van der Waals surface area contributed by atoms with Gasteiger partial charge in [0.25, 0.3) is 0 Å². The lowest BCUT2D eigenvalue weighted by Crippen LogP contribution is -2.22. The molecule has 1 rings (SSSR count). The Balaban J connectivity index is 2.56. The summed E-state index contributed by atoms with van der Waals surface area (Å²) in [5.74, 6) is 0. The van der Waals surface area contributed by atoms with E-state index in [1.165, 1.54) is 0 Å². The van der Waals surface area contributed by atoms with Crippen LogP contribution in [0.1, 0.15) is 19.3 Å². The standard InChI is InChI=1S/C6H11NO2S/c7-5-1-3-6(4-2-5)10(8)9/h3,5H,1-2,4,7H2,(H,8,9).